The molecule has 1 aromatic heterocycles. The van der Waals surface area contributed by atoms with E-state index in [9.17, 15) is 18.4 Å². The maximum absolute atomic E-state index is 13.1. The van der Waals surface area contributed by atoms with Gasteiger partial charge in [-0.15, -0.1) is 0 Å². The molecule has 5 nitrogen and oxygen atoms in total. The maximum atomic E-state index is 13.1. The van der Waals surface area contributed by atoms with E-state index < -0.39 is 17.5 Å². The maximum Gasteiger partial charge on any atom is 0.244 e. The molecule has 2 aromatic carbocycles. The van der Waals surface area contributed by atoms with E-state index in [0.717, 1.165) is 12.1 Å². The summed E-state index contributed by atoms with van der Waals surface area (Å²) in [5.74, 6) is -1.87. The van der Waals surface area contributed by atoms with Crippen LogP contribution in [0.4, 0.5) is 8.78 Å². The molecule has 0 saturated heterocycles. The monoisotopic (exact) mass is 371 g/mol. The van der Waals surface area contributed by atoms with Gasteiger partial charge < -0.3 is 14.5 Å². The van der Waals surface area contributed by atoms with Crippen molar-refractivity contribution in [3.05, 3.63) is 81.7 Å². The van der Waals surface area contributed by atoms with Gasteiger partial charge in [-0.05, 0) is 35.9 Å². The van der Waals surface area contributed by atoms with Gasteiger partial charge in [-0.25, -0.2) is 8.78 Å². The van der Waals surface area contributed by atoms with Gasteiger partial charge in [0, 0.05) is 18.7 Å². The van der Waals surface area contributed by atoms with Crippen LogP contribution >= 0.6 is 0 Å². The summed E-state index contributed by atoms with van der Waals surface area (Å²) in [7, 11) is 1.51. The van der Waals surface area contributed by atoms with Gasteiger partial charge in [-0.3, -0.25) is 9.59 Å². The number of methoxy groups -OCH3 is 1. The largest absolute Gasteiger partial charge is 0.497 e. The van der Waals surface area contributed by atoms with Crippen molar-refractivity contribution >= 4 is 23.0 Å². The average Bonchev–Trinajstić information content (AvgIpc) is 2.68. The third kappa shape index (κ3) is 4.20. The first-order valence-electron chi connectivity index (χ1n) is 7.97. The minimum absolute atomic E-state index is 0.0203. The van der Waals surface area contributed by atoms with Gasteiger partial charge in [0.25, 0.3) is 0 Å². The molecule has 0 unspecified atom stereocenters. The number of fused-ring (bicyclic) bond motifs is 1. The van der Waals surface area contributed by atoms with Gasteiger partial charge in [0.1, 0.15) is 17.6 Å². The van der Waals surface area contributed by atoms with Crippen molar-refractivity contribution in [2.75, 3.05) is 7.11 Å². The fourth-order valence-corrected chi connectivity index (χ4v) is 2.43. The first kappa shape index (κ1) is 18.3. The summed E-state index contributed by atoms with van der Waals surface area (Å²) in [6.45, 7) is 0.0203. The summed E-state index contributed by atoms with van der Waals surface area (Å²) in [4.78, 5) is 24.3. The summed E-state index contributed by atoms with van der Waals surface area (Å²) < 4.78 is 36.5. The Balaban J connectivity index is 1.71. The second kappa shape index (κ2) is 7.82. The third-order valence-electron chi connectivity index (χ3n) is 3.87. The molecule has 0 spiro atoms. The SMILES string of the molecule is COc1ccc2c(=O)c(/C=C/C(=O)NCc3ccc(F)c(F)c3)coc2c1. The first-order chi connectivity index (χ1) is 13.0. The molecule has 0 aliphatic carbocycles. The molecule has 0 fully saturated rings. The van der Waals surface area contributed by atoms with Gasteiger partial charge in [-0.1, -0.05) is 6.07 Å². The number of nitrogens with one attached hydrogen (secondary N) is 1. The zero-order valence-corrected chi connectivity index (χ0v) is 14.3. The van der Waals surface area contributed by atoms with Crippen LogP contribution in [0.2, 0.25) is 0 Å². The Hall–Kier alpha value is -3.48. The minimum atomic E-state index is -0.984. The molecule has 27 heavy (non-hydrogen) atoms. The first-order valence-corrected chi connectivity index (χ1v) is 7.97. The fraction of sp³-hybridized carbons (Fsp3) is 0.100. The molecular weight excluding hydrogens is 356 g/mol. The summed E-state index contributed by atoms with van der Waals surface area (Å²) in [5, 5.41) is 2.88. The lowest BCUT2D eigenvalue weighted by molar-refractivity contribution is -0.116. The van der Waals surface area contributed by atoms with Crippen LogP contribution in [-0.2, 0) is 11.3 Å². The Labute approximate surface area is 152 Å². The van der Waals surface area contributed by atoms with Gasteiger partial charge >= 0.3 is 0 Å². The van der Waals surface area contributed by atoms with E-state index in [1.165, 1.54) is 31.6 Å². The Morgan fingerprint density at radius 1 is 1.19 bits per heavy atom. The van der Waals surface area contributed by atoms with Crippen LogP contribution in [0.15, 0.2) is 57.9 Å². The summed E-state index contributed by atoms with van der Waals surface area (Å²) in [6, 6.07) is 8.18. The van der Waals surface area contributed by atoms with E-state index in [1.807, 2.05) is 0 Å². The van der Waals surface area contributed by atoms with Crippen molar-refractivity contribution in [2.45, 2.75) is 6.54 Å². The Morgan fingerprint density at radius 2 is 2.00 bits per heavy atom. The number of halogens is 2. The molecule has 7 heteroatoms. The molecule has 0 atom stereocenters. The highest BCUT2D eigenvalue weighted by Gasteiger charge is 2.07. The Morgan fingerprint density at radius 3 is 2.74 bits per heavy atom. The van der Waals surface area contributed by atoms with Crippen LogP contribution < -0.4 is 15.5 Å². The summed E-state index contributed by atoms with van der Waals surface area (Å²) in [5.41, 5.74) is 0.702. The van der Waals surface area contributed by atoms with Gasteiger partial charge in [0.2, 0.25) is 5.91 Å². The molecule has 1 N–H and O–H groups in total. The Bertz CT molecular complexity index is 1090. The lowest BCUT2D eigenvalue weighted by Gasteiger charge is -2.03. The van der Waals surface area contributed by atoms with Crippen LogP contribution in [0.25, 0.3) is 17.0 Å². The van der Waals surface area contributed by atoms with Crippen LogP contribution in [0.3, 0.4) is 0 Å². The highest BCUT2D eigenvalue weighted by atomic mass is 19.2. The molecule has 0 aliphatic heterocycles. The molecule has 1 heterocycles. The molecule has 3 aromatic rings. The molecule has 3 rings (SSSR count). The molecule has 138 valence electrons. The van der Waals surface area contributed by atoms with Crippen molar-refractivity contribution in [2.24, 2.45) is 0 Å². The van der Waals surface area contributed by atoms with Crippen molar-refractivity contribution in [3.63, 3.8) is 0 Å². The normalized spacial score (nSPS) is 11.1. The van der Waals surface area contributed by atoms with Crippen LogP contribution in [0, 0.1) is 11.6 Å². The molecule has 0 saturated carbocycles. The smallest absolute Gasteiger partial charge is 0.244 e. The van der Waals surface area contributed by atoms with Crippen LogP contribution in [-0.4, -0.2) is 13.0 Å². The van der Waals surface area contributed by atoms with Crippen LogP contribution in [0.1, 0.15) is 11.1 Å². The zero-order valence-electron chi connectivity index (χ0n) is 14.3. The number of hydrogen-bond acceptors (Lipinski definition) is 4. The van der Waals surface area contributed by atoms with E-state index in [0.29, 0.717) is 22.3 Å². The number of carbonyl (C=O) groups is 1. The molecular formula is C20H15F2NO4. The number of amides is 1. The Kier molecular flexibility index (Phi) is 5.30. The van der Waals surface area contributed by atoms with Gasteiger partial charge in [0.05, 0.1) is 18.1 Å². The van der Waals surface area contributed by atoms with Crippen molar-refractivity contribution in [3.8, 4) is 5.75 Å². The topological polar surface area (TPSA) is 68.5 Å². The van der Waals surface area contributed by atoms with Crippen molar-refractivity contribution in [1.82, 2.24) is 5.32 Å². The van der Waals surface area contributed by atoms with E-state index >= 15 is 0 Å². The highest BCUT2D eigenvalue weighted by molar-refractivity contribution is 5.92. The lowest BCUT2D eigenvalue weighted by Crippen LogP contribution is -2.20. The van der Waals surface area contributed by atoms with E-state index in [4.69, 9.17) is 9.15 Å². The highest BCUT2D eigenvalue weighted by Crippen LogP contribution is 2.19. The van der Waals surface area contributed by atoms with E-state index in [1.54, 1.807) is 18.2 Å². The number of ether oxygens (including phenoxy) is 1. The molecule has 1 amide bonds. The number of hydrogen-bond donors (Lipinski definition) is 1. The third-order valence-corrected chi connectivity index (χ3v) is 3.87. The molecule has 0 bridgehead atoms. The second-order valence-electron chi connectivity index (χ2n) is 5.68. The number of benzene rings is 2. The summed E-state index contributed by atoms with van der Waals surface area (Å²) >= 11 is 0. The van der Waals surface area contributed by atoms with Crippen molar-refractivity contribution in [1.29, 1.82) is 0 Å². The quantitative estimate of drug-likeness (QED) is 0.698. The predicted octanol–water partition coefficient (Wildman–Crippen LogP) is 3.41. The summed E-state index contributed by atoms with van der Waals surface area (Å²) in [6.07, 6.45) is 3.75. The number of carbonyl (C=O) groups excluding carboxylic acids is 1. The van der Waals surface area contributed by atoms with Gasteiger partial charge in [0.15, 0.2) is 17.1 Å². The average molecular weight is 371 g/mol. The standard InChI is InChI=1S/C20H15F2NO4/c1-26-14-4-5-15-18(9-14)27-11-13(20(15)25)3-7-19(24)23-10-12-2-6-16(21)17(22)8-12/h2-9,11H,10H2,1H3,(H,23,24)/b7-3+. The van der Waals surface area contributed by atoms with E-state index in [-0.39, 0.29) is 17.5 Å². The zero-order chi connectivity index (χ0) is 19.4. The fourth-order valence-electron chi connectivity index (χ4n) is 2.43. The molecule has 0 radical (unpaired) electrons. The second-order valence-corrected chi connectivity index (χ2v) is 5.68. The van der Waals surface area contributed by atoms with Crippen molar-refractivity contribution < 1.29 is 22.7 Å². The van der Waals surface area contributed by atoms with Crippen LogP contribution in [0.5, 0.6) is 5.75 Å². The predicted molar refractivity (Wildman–Crippen MR) is 96.3 cm³/mol. The van der Waals surface area contributed by atoms with Gasteiger partial charge in [-0.2, -0.15) is 0 Å². The molecule has 0 aliphatic rings. The lowest BCUT2D eigenvalue weighted by atomic mass is 10.1. The van der Waals surface area contributed by atoms with E-state index in [2.05, 4.69) is 5.32 Å². The minimum Gasteiger partial charge on any atom is -0.497 e. The number of rotatable bonds is 5.